The fraction of sp³-hybridized carbons (Fsp3) is 0.211. The van der Waals surface area contributed by atoms with Crippen molar-refractivity contribution in [3.05, 3.63) is 52.0 Å². The number of fused-ring (bicyclic) bond motifs is 1. The van der Waals surface area contributed by atoms with Gasteiger partial charge in [-0.2, -0.15) is 0 Å². The van der Waals surface area contributed by atoms with Gasteiger partial charge in [0.2, 0.25) is 0 Å². The van der Waals surface area contributed by atoms with E-state index >= 15 is 0 Å². The summed E-state index contributed by atoms with van der Waals surface area (Å²) in [6, 6.07) is 7.58. The molecule has 0 unspecified atom stereocenters. The second-order valence-corrected chi connectivity index (χ2v) is 6.88. The number of hydrogen-bond acceptors (Lipinski definition) is 8. The topological polar surface area (TPSA) is 121 Å². The first-order valence-electron chi connectivity index (χ1n) is 8.24. The zero-order valence-electron chi connectivity index (χ0n) is 15.2. The molecule has 28 heavy (non-hydrogen) atoms. The number of aromatic amines is 1. The molecule has 0 saturated heterocycles. The van der Waals surface area contributed by atoms with Gasteiger partial charge in [0.25, 0.3) is 0 Å². The number of ether oxygens (including phenoxy) is 3. The monoisotopic (exact) mass is 402 g/mol. The summed E-state index contributed by atoms with van der Waals surface area (Å²) in [7, 11) is 2.41. The number of carbonyl (C=O) groups excluding carboxylic acids is 3. The van der Waals surface area contributed by atoms with Crippen molar-refractivity contribution >= 4 is 45.1 Å². The summed E-state index contributed by atoms with van der Waals surface area (Å²) in [5.74, 6) is -1.90. The number of benzene rings is 1. The number of hydrogen-bond donors (Lipinski definition) is 2. The predicted molar refractivity (Wildman–Crippen MR) is 103 cm³/mol. The molecular weight excluding hydrogens is 384 g/mol. The average Bonchev–Trinajstić information content (AvgIpc) is 3.26. The number of carbonyl (C=O) groups is 3. The van der Waals surface area contributed by atoms with E-state index in [1.807, 2.05) is 24.3 Å². The zero-order chi connectivity index (χ0) is 20.3. The summed E-state index contributed by atoms with van der Waals surface area (Å²) in [4.78, 5) is 39.6. The lowest BCUT2D eigenvalue weighted by molar-refractivity contribution is -0.144. The number of nitrogens with one attached hydrogen (secondary N) is 1. The maximum absolute atomic E-state index is 12.3. The molecule has 0 aliphatic rings. The molecule has 0 radical (unpaired) electrons. The van der Waals surface area contributed by atoms with E-state index in [2.05, 4.69) is 4.98 Å². The van der Waals surface area contributed by atoms with Crippen LogP contribution in [0.5, 0.6) is 0 Å². The molecule has 0 aliphatic carbocycles. The molecule has 0 atom stereocenters. The Morgan fingerprint density at radius 3 is 2.54 bits per heavy atom. The summed E-state index contributed by atoms with van der Waals surface area (Å²) in [6.07, 6.45) is 1.78. The Morgan fingerprint density at radius 1 is 1.11 bits per heavy atom. The molecular formula is C19H18N2O6S. The highest BCUT2D eigenvalue weighted by molar-refractivity contribution is 7.18. The second kappa shape index (κ2) is 8.13. The van der Waals surface area contributed by atoms with Crippen LogP contribution < -0.4 is 5.73 Å². The molecule has 0 amide bonds. The SMILES string of the molecule is COC(=O)c1sc(N)c(C(=O)OC)c1COC(=O)Cc1c[nH]c2ccccc12. The van der Waals surface area contributed by atoms with Crippen LogP contribution in [0.1, 0.15) is 31.2 Å². The van der Waals surface area contributed by atoms with Crippen molar-refractivity contribution in [2.24, 2.45) is 0 Å². The van der Waals surface area contributed by atoms with Crippen molar-refractivity contribution in [3.63, 3.8) is 0 Å². The normalized spacial score (nSPS) is 10.6. The lowest BCUT2D eigenvalue weighted by Crippen LogP contribution is -2.13. The Bertz CT molecular complexity index is 1050. The summed E-state index contributed by atoms with van der Waals surface area (Å²) in [6.45, 7) is -0.302. The van der Waals surface area contributed by atoms with Crippen molar-refractivity contribution in [1.82, 2.24) is 4.98 Å². The minimum absolute atomic E-state index is 0.00722. The third kappa shape index (κ3) is 3.70. The molecule has 9 heteroatoms. The van der Waals surface area contributed by atoms with Gasteiger partial charge in [-0.3, -0.25) is 4.79 Å². The van der Waals surface area contributed by atoms with Crippen LogP contribution in [0.15, 0.2) is 30.5 Å². The molecule has 3 rings (SSSR count). The maximum atomic E-state index is 12.3. The fourth-order valence-corrected chi connectivity index (χ4v) is 3.82. The van der Waals surface area contributed by atoms with E-state index in [0.29, 0.717) is 0 Å². The number of methoxy groups -OCH3 is 2. The lowest BCUT2D eigenvalue weighted by Gasteiger charge is -2.08. The third-order valence-corrected chi connectivity index (χ3v) is 5.22. The van der Waals surface area contributed by atoms with Gasteiger partial charge < -0.3 is 24.9 Å². The van der Waals surface area contributed by atoms with Crippen LogP contribution in [0, 0.1) is 0 Å². The van der Waals surface area contributed by atoms with E-state index in [1.165, 1.54) is 14.2 Å². The summed E-state index contributed by atoms with van der Waals surface area (Å²) < 4.78 is 14.8. The van der Waals surface area contributed by atoms with Gasteiger partial charge >= 0.3 is 17.9 Å². The zero-order valence-corrected chi connectivity index (χ0v) is 16.1. The number of H-pyrrole nitrogens is 1. The van der Waals surface area contributed by atoms with E-state index in [4.69, 9.17) is 19.9 Å². The molecule has 0 aliphatic heterocycles. The second-order valence-electron chi connectivity index (χ2n) is 5.83. The number of anilines is 1. The average molecular weight is 402 g/mol. The van der Waals surface area contributed by atoms with Gasteiger partial charge in [-0.25, -0.2) is 9.59 Å². The van der Waals surface area contributed by atoms with Gasteiger partial charge in [0.05, 0.1) is 20.6 Å². The molecule has 0 saturated carbocycles. The maximum Gasteiger partial charge on any atom is 0.348 e. The lowest BCUT2D eigenvalue weighted by atomic mass is 10.1. The van der Waals surface area contributed by atoms with Gasteiger partial charge in [-0.15, -0.1) is 11.3 Å². The minimum Gasteiger partial charge on any atom is -0.465 e. The van der Waals surface area contributed by atoms with Crippen LogP contribution in [0.4, 0.5) is 5.00 Å². The highest BCUT2D eigenvalue weighted by Gasteiger charge is 2.28. The molecule has 0 bridgehead atoms. The Balaban J connectivity index is 1.80. The number of nitrogens with two attached hydrogens (primary N) is 1. The van der Waals surface area contributed by atoms with Crippen molar-refractivity contribution < 1.29 is 28.6 Å². The first-order valence-corrected chi connectivity index (χ1v) is 9.06. The summed E-state index contributed by atoms with van der Waals surface area (Å²) in [5, 5.41) is 1.01. The Morgan fingerprint density at radius 2 is 1.82 bits per heavy atom. The van der Waals surface area contributed by atoms with Gasteiger partial charge in [0, 0.05) is 22.7 Å². The van der Waals surface area contributed by atoms with Gasteiger partial charge in [0.1, 0.15) is 22.0 Å². The van der Waals surface area contributed by atoms with Crippen molar-refractivity contribution in [1.29, 1.82) is 0 Å². The highest BCUT2D eigenvalue weighted by Crippen LogP contribution is 2.33. The van der Waals surface area contributed by atoms with Gasteiger partial charge in [-0.05, 0) is 11.6 Å². The van der Waals surface area contributed by atoms with E-state index in [0.717, 1.165) is 27.8 Å². The summed E-state index contributed by atoms with van der Waals surface area (Å²) >= 11 is 0.882. The van der Waals surface area contributed by atoms with Crippen LogP contribution in [-0.4, -0.2) is 37.1 Å². The minimum atomic E-state index is -0.716. The number of nitrogen functional groups attached to an aromatic ring is 1. The number of esters is 3. The van der Waals surface area contributed by atoms with Crippen LogP contribution in [0.2, 0.25) is 0 Å². The molecule has 8 nitrogen and oxygen atoms in total. The van der Waals surface area contributed by atoms with Crippen molar-refractivity contribution in [2.45, 2.75) is 13.0 Å². The van der Waals surface area contributed by atoms with E-state index < -0.39 is 17.9 Å². The Hall–Kier alpha value is -3.33. The number of rotatable bonds is 6. The standard InChI is InChI=1S/C19H18N2O6S/c1-25-18(23)15-12(16(19(24)26-2)28-17(15)20)9-27-14(22)7-10-8-21-13-6-4-3-5-11(10)13/h3-6,8,21H,7,9,20H2,1-2H3. The largest absolute Gasteiger partial charge is 0.465 e. The van der Waals surface area contributed by atoms with Crippen LogP contribution in [0.3, 0.4) is 0 Å². The number of thiophene rings is 1. The first kappa shape index (κ1) is 19.4. The molecule has 3 aromatic rings. The molecule has 2 heterocycles. The van der Waals surface area contributed by atoms with Crippen LogP contribution in [-0.2, 0) is 32.0 Å². The van der Waals surface area contributed by atoms with Crippen LogP contribution in [0.25, 0.3) is 10.9 Å². The molecule has 0 fully saturated rings. The third-order valence-electron chi connectivity index (χ3n) is 4.18. The molecule has 146 valence electrons. The highest BCUT2D eigenvalue weighted by atomic mass is 32.1. The molecule has 1 aromatic carbocycles. The van der Waals surface area contributed by atoms with Crippen molar-refractivity contribution in [3.8, 4) is 0 Å². The smallest absolute Gasteiger partial charge is 0.348 e. The van der Waals surface area contributed by atoms with E-state index in [9.17, 15) is 14.4 Å². The fourth-order valence-electron chi connectivity index (χ4n) is 2.84. The van der Waals surface area contributed by atoms with E-state index in [1.54, 1.807) is 6.20 Å². The molecule has 0 spiro atoms. The van der Waals surface area contributed by atoms with Crippen molar-refractivity contribution in [2.75, 3.05) is 20.0 Å². The molecule has 2 aromatic heterocycles. The quantitative estimate of drug-likeness (QED) is 0.480. The number of aromatic nitrogens is 1. The Kier molecular flexibility index (Phi) is 5.65. The van der Waals surface area contributed by atoms with Gasteiger partial charge in [0.15, 0.2) is 0 Å². The molecule has 3 N–H and O–H groups in total. The van der Waals surface area contributed by atoms with Gasteiger partial charge in [-0.1, -0.05) is 18.2 Å². The summed E-state index contributed by atoms with van der Waals surface area (Å²) in [5.41, 5.74) is 7.73. The first-order chi connectivity index (χ1) is 13.5. The van der Waals surface area contributed by atoms with Crippen LogP contribution >= 0.6 is 11.3 Å². The Labute approximate surface area is 164 Å². The van der Waals surface area contributed by atoms with E-state index in [-0.39, 0.29) is 34.0 Å². The number of para-hydroxylation sites is 1. The predicted octanol–water partition coefficient (Wildman–Crippen LogP) is 2.67.